The standard InChI is InChI=1S/C18H24ClN3O4S/c1-5-22(6-2)27(24,25)17-11-14(7-9-16(17)19)20-18(23)10-8-15-12(3)21-26-13(15)4/h7,9,11H,5-6,8,10H2,1-4H3,(H,20,23). The predicted molar refractivity (Wildman–Crippen MR) is 104 cm³/mol. The molecule has 0 bridgehead atoms. The second-order valence-electron chi connectivity index (χ2n) is 6.09. The summed E-state index contributed by atoms with van der Waals surface area (Å²) in [6.45, 7) is 7.82. The maximum atomic E-state index is 12.7. The van der Waals surface area contributed by atoms with E-state index in [-0.39, 0.29) is 22.2 Å². The highest BCUT2D eigenvalue weighted by Crippen LogP contribution is 2.28. The molecule has 0 saturated heterocycles. The highest BCUT2D eigenvalue weighted by molar-refractivity contribution is 7.89. The van der Waals surface area contributed by atoms with Crippen LogP contribution in [0.25, 0.3) is 0 Å². The SMILES string of the molecule is CCN(CC)S(=O)(=O)c1cc(NC(=O)CCc2c(C)noc2C)ccc1Cl. The smallest absolute Gasteiger partial charge is 0.244 e. The van der Waals surface area contributed by atoms with Crippen molar-refractivity contribution in [2.75, 3.05) is 18.4 Å². The van der Waals surface area contributed by atoms with Gasteiger partial charge in [0.25, 0.3) is 0 Å². The fourth-order valence-corrected chi connectivity index (χ4v) is 4.76. The van der Waals surface area contributed by atoms with Crippen molar-refractivity contribution in [2.24, 2.45) is 0 Å². The van der Waals surface area contributed by atoms with E-state index in [9.17, 15) is 13.2 Å². The fraction of sp³-hybridized carbons (Fsp3) is 0.444. The van der Waals surface area contributed by atoms with Crippen molar-refractivity contribution in [1.29, 1.82) is 0 Å². The summed E-state index contributed by atoms with van der Waals surface area (Å²) < 4.78 is 31.8. The third kappa shape index (κ3) is 4.88. The Bertz CT molecular complexity index is 901. The summed E-state index contributed by atoms with van der Waals surface area (Å²) in [6, 6.07) is 4.45. The molecule has 27 heavy (non-hydrogen) atoms. The summed E-state index contributed by atoms with van der Waals surface area (Å²) in [5.41, 5.74) is 2.05. The summed E-state index contributed by atoms with van der Waals surface area (Å²) >= 11 is 6.10. The normalized spacial score (nSPS) is 11.8. The number of sulfonamides is 1. The summed E-state index contributed by atoms with van der Waals surface area (Å²) in [6.07, 6.45) is 0.717. The van der Waals surface area contributed by atoms with Crippen molar-refractivity contribution < 1.29 is 17.7 Å². The van der Waals surface area contributed by atoms with Crippen LogP contribution in [-0.4, -0.2) is 36.9 Å². The molecule has 2 aromatic rings. The summed E-state index contributed by atoms with van der Waals surface area (Å²) in [5, 5.41) is 6.71. The molecular weight excluding hydrogens is 390 g/mol. The van der Waals surface area contributed by atoms with Gasteiger partial charge in [-0.15, -0.1) is 0 Å². The first-order valence-electron chi connectivity index (χ1n) is 8.72. The Labute approximate surface area is 164 Å². The maximum Gasteiger partial charge on any atom is 0.244 e. The number of benzene rings is 1. The van der Waals surface area contributed by atoms with E-state index in [1.54, 1.807) is 26.8 Å². The molecule has 0 spiro atoms. The van der Waals surface area contributed by atoms with Gasteiger partial charge in [0.2, 0.25) is 15.9 Å². The number of hydrogen-bond donors (Lipinski definition) is 1. The van der Waals surface area contributed by atoms with Gasteiger partial charge in [-0.2, -0.15) is 4.31 Å². The molecule has 1 aromatic carbocycles. The largest absolute Gasteiger partial charge is 0.361 e. The lowest BCUT2D eigenvalue weighted by atomic mass is 10.1. The number of carbonyl (C=O) groups is 1. The molecule has 1 amide bonds. The van der Waals surface area contributed by atoms with Gasteiger partial charge in [-0.05, 0) is 38.5 Å². The number of hydrogen-bond acceptors (Lipinski definition) is 5. The number of rotatable bonds is 8. The van der Waals surface area contributed by atoms with Crippen LogP contribution in [0.1, 0.15) is 37.3 Å². The van der Waals surface area contributed by atoms with Crippen molar-refractivity contribution in [3.05, 3.63) is 40.2 Å². The van der Waals surface area contributed by atoms with Crippen LogP contribution in [-0.2, 0) is 21.2 Å². The average Bonchev–Trinajstić information content (AvgIpc) is 2.93. The third-order valence-corrected chi connectivity index (χ3v) is 6.85. The van der Waals surface area contributed by atoms with Gasteiger partial charge >= 0.3 is 0 Å². The second-order valence-corrected chi connectivity index (χ2v) is 8.40. The van der Waals surface area contributed by atoms with Crippen LogP contribution >= 0.6 is 11.6 Å². The Balaban J connectivity index is 2.15. The van der Waals surface area contributed by atoms with E-state index in [0.29, 0.717) is 31.0 Å². The van der Waals surface area contributed by atoms with E-state index in [2.05, 4.69) is 10.5 Å². The lowest BCUT2D eigenvalue weighted by Crippen LogP contribution is -2.30. The van der Waals surface area contributed by atoms with E-state index in [1.165, 1.54) is 16.4 Å². The molecule has 0 saturated carbocycles. The number of anilines is 1. The van der Waals surface area contributed by atoms with Crippen LogP contribution in [0.4, 0.5) is 5.69 Å². The lowest BCUT2D eigenvalue weighted by molar-refractivity contribution is -0.116. The highest BCUT2D eigenvalue weighted by Gasteiger charge is 2.25. The van der Waals surface area contributed by atoms with E-state index in [4.69, 9.17) is 16.1 Å². The monoisotopic (exact) mass is 413 g/mol. The van der Waals surface area contributed by atoms with Gasteiger partial charge in [-0.25, -0.2) is 8.42 Å². The van der Waals surface area contributed by atoms with Gasteiger partial charge in [0.15, 0.2) is 0 Å². The molecule has 0 aliphatic heterocycles. The molecule has 1 N–H and O–H groups in total. The minimum absolute atomic E-state index is 0.0172. The zero-order chi connectivity index (χ0) is 20.2. The quantitative estimate of drug-likeness (QED) is 0.714. The van der Waals surface area contributed by atoms with E-state index >= 15 is 0 Å². The molecule has 0 fully saturated rings. The first-order chi connectivity index (χ1) is 12.7. The van der Waals surface area contributed by atoms with E-state index < -0.39 is 10.0 Å². The van der Waals surface area contributed by atoms with Gasteiger partial charge < -0.3 is 9.84 Å². The van der Waals surface area contributed by atoms with Gasteiger partial charge in [0.1, 0.15) is 10.7 Å². The minimum atomic E-state index is -3.72. The summed E-state index contributed by atoms with van der Waals surface area (Å²) in [7, 11) is -3.72. The van der Waals surface area contributed by atoms with Crippen molar-refractivity contribution >= 4 is 33.2 Å². The van der Waals surface area contributed by atoms with Gasteiger partial charge in [-0.3, -0.25) is 4.79 Å². The molecule has 0 aliphatic rings. The zero-order valence-electron chi connectivity index (χ0n) is 15.9. The van der Waals surface area contributed by atoms with Gasteiger partial charge in [0, 0.05) is 30.8 Å². The molecule has 148 valence electrons. The topological polar surface area (TPSA) is 92.5 Å². The number of nitrogens with zero attached hydrogens (tertiary/aromatic N) is 2. The van der Waals surface area contributed by atoms with Crippen LogP contribution in [0.2, 0.25) is 5.02 Å². The van der Waals surface area contributed by atoms with E-state index in [0.717, 1.165) is 11.3 Å². The Morgan fingerprint density at radius 1 is 1.26 bits per heavy atom. The molecule has 1 aromatic heterocycles. The van der Waals surface area contributed by atoms with Gasteiger partial charge in [-0.1, -0.05) is 30.6 Å². The van der Waals surface area contributed by atoms with Crippen molar-refractivity contribution in [3.8, 4) is 0 Å². The number of nitrogens with one attached hydrogen (secondary N) is 1. The van der Waals surface area contributed by atoms with E-state index in [1.807, 2.05) is 6.92 Å². The summed E-state index contributed by atoms with van der Waals surface area (Å²) in [4.78, 5) is 12.3. The molecule has 0 atom stereocenters. The fourth-order valence-electron chi connectivity index (χ4n) is 2.80. The molecule has 0 radical (unpaired) electrons. The maximum absolute atomic E-state index is 12.7. The minimum Gasteiger partial charge on any atom is -0.361 e. The third-order valence-electron chi connectivity index (χ3n) is 4.32. The van der Waals surface area contributed by atoms with Gasteiger partial charge in [0.05, 0.1) is 10.7 Å². The lowest BCUT2D eigenvalue weighted by Gasteiger charge is -2.19. The number of aromatic nitrogens is 1. The van der Waals surface area contributed by atoms with Crippen molar-refractivity contribution in [3.63, 3.8) is 0 Å². The molecule has 1 heterocycles. The predicted octanol–water partition coefficient (Wildman–Crippen LogP) is 3.55. The zero-order valence-corrected chi connectivity index (χ0v) is 17.4. The molecule has 9 heteroatoms. The Hall–Kier alpha value is -1.90. The molecule has 2 rings (SSSR count). The number of carbonyl (C=O) groups excluding carboxylic acids is 1. The van der Waals surface area contributed by atoms with Crippen molar-refractivity contribution in [1.82, 2.24) is 9.46 Å². The first-order valence-corrected chi connectivity index (χ1v) is 10.5. The Morgan fingerprint density at radius 3 is 2.48 bits per heavy atom. The van der Waals surface area contributed by atoms with Crippen LogP contribution in [0.15, 0.2) is 27.6 Å². The van der Waals surface area contributed by atoms with Crippen LogP contribution < -0.4 is 5.32 Å². The summed E-state index contributed by atoms with van der Waals surface area (Å²) in [5.74, 6) is 0.461. The molecule has 0 unspecified atom stereocenters. The Morgan fingerprint density at radius 2 is 1.93 bits per heavy atom. The number of aryl methyl sites for hydroxylation is 2. The second kappa shape index (κ2) is 8.86. The molecular formula is C18H24ClN3O4S. The van der Waals surface area contributed by atoms with Crippen molar-refractivity contribution in [2.45, 2.75) is 45.4 Å². The van der Waals surface area contributed by atoms with Crippen LogP contribution in [0, 0.1) is 13.8 Å². The van der Waals surface area contributed by atoms with Crippen LogP contribution in [0.5, 0.6) is 0 Å². The molecule has 7 nitrogen and oxygen atoms in total. The first kappa shape index (κ1) is 21.4. The number of halogens is 1. The molecule has 0 aliphatic carbocycles. The highest BCUT2D eigenvalue weighted by atomic mass is 35.5. The van der Waals surface area contributed by atoms with Crippen LogP contribution in [0.3, 0.4) is 0 Å². The average molecular weight is 414 g/mol. The Kier molecular flexibility index (Phi) is 7.02. The number of amides is 1.